The number of thioether (sulfide) groups is 1. The van der Waals surface area contributed by atoms with Gasteiger partial charge in [-0.3, -0.25) is 10.1 Å². The van der Waals surface area contributed by atoms with Crippen LogP contribution in [0.3, 0.4) is 0 Å². The van der Waals surface area contributed by atoms with Gasteiger partial charge in [0.1, 0.15) is 5.75 Å². The molecule has 0 saturated carbocycles. The van der Waals surface area contributed by atoms with Crippen LogP contribution in [0.1, 0.15) is 0 Å². The van der Waals surface area contributed by atoms with Crippen LogP contribution in [0.15, 0.2) is 23.1 Å². The number of carbonyl (C=O) groups is 1. The number of hydrogen-bond donors (Lipinski definition) is 3. The van der Waals surface area contributed by atoms with Crippen molar-refractivity contribution in [1.82, 2.24) is 5.32 Å². The molecule has 0 bridgehead atoms. The lowest BCUT2D eigenvalue weighted by Gasteiger charge is -2.12. The number of hydrogen-bond acceptors (Lipinski definition) is 6. The van der Waals surface area contributed by atoms with Gasteiger partial charge in [0.2, 0.25) is 5.91 Å². The van der Waals surface area contributed by atoms with Crippen LogP contribution in [0.4, 0.5) is 5.69 Å². The molecular formula is C11H14N2O4S2. The van der Waals surface area contributed by atoms with E-state index in [4.69, 9.17) is 0 Å². The Labute approximate surface area is 115 Å². The first-order valence-electron chi connectivity index (χ1n) is 5.53. The molecule has 0 radical (unpaired) electrons. The van der Waals surface area contributed by atoms with Gasteiger partial charge in [0.25, 0.3) is 0 Å². The Balaban J connectivity index is 2.22. The second-order valence-electron chi connectivity index (χ2n) is 4.21. The van der Waals surface area contributed by atoms with Crippen molar-refractivity contribution in [3.05, 3.63) is 18.2 Å². The molecule has 1 heterocycles. The average Bonchev–Trinajstić information content (AvgIpc) is 2.84. The predicted octanol–water partition coefficient (Wildman–Crippen LogP) is 0.397. The van der Waals surface area contributed by atoms with E-state index in [1.165, 1.54) is 18.2 Å². The topological polar surface area (TPSA) is 95.5 Å². The minimum atomic E-state index is -3.38. The summed E-state index contributed by atoms with van der Waals surface area (Å²) in [7, 11) is -3.38. The van der Waals surface area contributed by atoms with Gasteiger partial charge in [-0.2, -0.15) is 0 Å². The third-order valence-corrected chi connectivity index (χ3v) is 4.74. The Bertz CT molecular complexity index is 595. The van der Waals surface area contributed by atoms with E-state index in [1.54, 1.807) is 11.8 Å². The molecule has 1 saturated heterocycles. The number of sulfone groups is 1. The highest BCUT2D eigenvalue weighted by atomic mass is 32.2. The van der Waals surface area contributed by atoms with E-state index in [2.05, 4.69) is 10.6 Å². The average molecular weight is 302 g/mol. The standard InChI is InChI=1S/C11H14N2O4S2/c1-19(16,17)7-2-3-10(14)8(4-7)13-11(15)9-5-18-6-12-9/h2-4,9,12,14H,5-6H2,1H3,(H,13,15). The van der Waals surface area contributed by atoms with Gasteiger partial charge in [-0.05, 0) is 18.2 Å². The van der Waals surface area contributed by atoms with Gasteiger partial charge in [0.05, 0.1) is 16.6 Å². The van der Waals surface area contributed by atoms with Crippen LogP contribution in [0.2, 0.25) is 0 Å². The third kappa shape index (κ3) is 3.40. The Hall–Kier alpha value is -1.25. The summed E-state index contributed by atoms with van der Waals surface area (Å²) in [4.78, 5) is 11.9. The summed E-state index contributed by atoms with van der Waals surface area (Å²) >= 11 is 1.60. The fraction of sp³-hybridized carbons (Fsp3) is 0.364. The number of amides is 1. The molecule has 1 fully saturated rings. The van der Waals surface area contributed by atoms with Crippen molar-refractivity contribution in [1.29, 1.82) is 0 Å². The molecule has 8 heteroatoms. The van der Waals surface area contributed by atoms with Gasteiger partial charge >= 0.3 is 0 Å². The van der Waals surface area contributed by atoms with Crippen molar-refractivity contribution in [3.8, 4) is 5.75 Å². The summed E-state index contributed by atoms with van der Waals surface area (Å²) in [6.45, 7) is 0. The lowest BCUT2D eigenvalue weighted by molar-refractivity contribution is -0.117. The van der Waals surface area contributed by atoms with Gasteiger partial charge in [0, 0.05) is 17.9 Å². The zero-order valence-electron chi connectivity index (χ0n) is 10.2. The molecule has 0 aromatic heterocycles. The molecule has 19 heavy (non-hydrogen) atoms. The molecule has 1 amide bonds. The Morgan fingerprint density at radius 3 is 2.84 bits per heavy atom. The van der Waals surface area contributed by atoms with E-state index in [9.17, 15) is 18.3 Å². The maximum atomic E-state index is 11.9. The first-order valence-corrected chi connectivity index (χ1v) is 8.57. The predicted molar refractivity (Wildman–Crippen MR) is 74.1 cm³/mol. The molecule has 6 nitrogen and oxygen atoms in total. The minimum Gasteiger partial charge on any atom is -0.506 e. The fourth-order valence-electron chi connectivity index (χ4n) is 1.63. The van der Waals surface area contributed by atoms with Crippen molar-refractivity contribution in [2.24, 2.45) is 0 Å². The van der Waals surface area contributed by atoms with Gasteiger partial charge in [0.15, 0.2) is 9.84 Å². The second-order valence-corrected chi connectivity index (χ2v) is 7.26. The SMILES string of the molecule is CS(=O)(=O)c1ccc(O)c(NC(=O)C2CSCN2)c1. The summed E-state index contributed by atoms with van der Waals surface area (Å²) in [6, 6.07) is 3.48. The van der Waals surface area contributed by atoms with Gasteiger partial charge in [-0.15, -0.1) is 11.8 Å². The summed E-state index contributed by atoms with van der Waals surface area (Å²) in [5, 5.41) is 15.2. The zero-order chi connectivity index (χ0) is 14.0. The molecular weight excluding hydrogens is 288 g/mol. The quantitative estimate of drug-likeness (QED) is 0.699. The van der Waals surface area contributed by atoms with Crippen LogP contribution in [-0.4, -0.2) is 43.4 Å². The van der Waals surface area contributed by atoms with Crippen molar-refractivity contribution < 1.29 is 18.3 Å². The molecule has 0 aliphatic carbocycles. The first-order chi connectivity index (χ1) is 8.88. The summed E-state index contributed by atoms with van der Waals surface area (Å²) in [5.74, 6) is 0.906. The van der Waals surface area contributed by atoms with Crippen LogP contribution in [-0.2, 0) is 14.6 Å². The number of nitrogens with one attached hydrogen (secondary N) is 2. The van der Waals surface area contributed by atoms with E-state index in [-0.39, 0.29) is 28.3 Å². The molecule has 1 atom stereocenters. The van der Waals surface area contributed by atoms with Crippen LogP contribution >= 0.6 is 11.8 Å². The normalized spacial score (nSPS) is 19.3. The smallest absolute Gasteiger partial charge is 0.242 e. The van der Waals surface area contributed by atoms with Crippen molar-refractivity contribution in [2.45, 2.75) is 10.9 Å². The van der Waals surface area contributed by atoms with E-state index >= 15 is 0 Å². The molecule has 0 spiro atoms. The number of aromatic hydroxyl groups is 1. The molecule has 3 N–H and O–H groups in total. The minimum absolute atomic E-state index is 0.0503. The largest absolute Gasteiger partial charge is 0.506 e. The number of benzene rings is 1. The maximum Gasteiger partial charge on any atom is 0.242 e. The van der Waals surface area contributed by atoms with E-state index in [1.807, 2.05) is 0 Å². The molecule has 104 valence electrons. The van der Waals surface area contributed by atoms with E-state index in [0.29, 0.717) is 11.6 Å². The Morgan fingerprint density at radius 2 is 2.26 bits per heavy atom. The third-order valence-electron chi connectivity index (χ3n) is 2.69. The molecule has 1 aromatic rings. The lowest BCUT2D eigenvalue weighted by Crippen LogP contribution is -2.37. The molecule has 1 aliphatic rings. The van der Waals surface area contributed by atoms with E-state index in [0.717, 1.165) is 6.26 Å². The highest BCUT2D eigenvalue weighted by molar-refractivity contribution is 7.99. The number of phenolic OH excluding ortho intramolecular Hbond substituents is 1. The van der Waals surface area contributed by atoms with E-state index < -0.39 is 9.84 Å². The van der Waals surface area contributed by atoms with Gasteiger partial charge < -0.3 is 10.4 Å². The summed E-state index contributed by atoms with van der Waals surface area (Å²) in [6.07, 6.45) is 1.07. The first kappa shape index (κ1) is 14.2. The van der Waals surface area contributed by atoms with Crippen LogP contribution in [0.5, 0.6) is 5.75 Å². The summed E-state index contributed by atoms with van der Waals surface area (Å²) < 4.78 is 22.9. The Kier molecular flexibility index (Phi) is 4.02. The van der Waals surface area contributed by atoms with Crippen LogP contribution in [0.25, 0.3) is 0 Å². The van der Waals surface area contributed by atoms with Gasteiger partial charge in [-0.1, -0.05) is 0 Å². The number of rotatable bonds is 3. The molecule has 1 aliphatic heterocycles. The second kappa shape index (κ2) is 5.40. The highest BCUT2D eigenvalue weighted by Crippen LogP contribution is 2.26. The zero-order valence-corrected chi connectivity index (χ0v) is 11.8. The van der Waals surface area contributed by atoms with Crippen molar-refractivity contribution in [2.75, 3.05) is 23.2 Å². The lowest BCUT2D eigenvalue weighted by atomic mass is 10.2. The van der Waals surface area contributed by atoms with Gasteiger partial charge in [-0.25, -0.2) is 8.42 Å². The van der Waals surface area contributed by atoms with Crippen LogP contribution in [0, 0.1) is 0 Å². The van der Waals surface area contributed by atoms with Crippen molar-refractivity contribution >= 4 is 33.2 Å². The monoisotopic (exact) mass is 302 g/mol. The fourth-order valence-corrected chi connectivity index (χ4v) is 3.22. The number of anilines is 1. The molecule has 2 rings (SSSR count). The molecule has 1 unspecified atom stereocenters. The maximum absolute atomic E-state index is 11.9. The Morgan fingerprint density at radius 1 is 1.53 bits per heavy atom. The highest BCUT2D eigenvalue weighted by Gasteiger charge is 2.23. The molecule has 1 aromatic carbocycles. The number of carbonyl (C=O) groups excluding carboxylic acids is 1. The van der Waals surface area contributed by atoms with Crippen molar-refractivity contribution in [3.63, 3.8) is 0 Å². The number of phenols is 1. The van der Waals surface area contributed by atoms with Crippen LogP contribution < -0.4 is 10.6 Å². The summed E-state index contributed by atoms with van der Waals surface area (Å²) in [5.41, 5.74) is 0.103.